The molecule has 168 valence electrons. The number of carbonyl (C=O) groups excluding carboxylic acids is 1. The van der Waals surface area contributed by atoms with Crippen LogP contribution in [0.25, 0.3) is 10.9 Å². The minimum atomic E-state index is -0.497. The molecule has 0 unspecified atom stereocenters. The van der Waals surface area contributed by atoms with Gasteiger partial charge in [0.2, 0.25) is 5.91 Å². The number of aromatic amines is 1. The van der Waals surface area contributed by atoms with Crippen molar-refractivity contribution in [2.45, 2.75) is 51.7 Å². The molecule has 1 fully saturated rings. The Morgan fingerprint density at radius 1 is 0.938 bits per heavy atom. The molecule has 32 heavy (non-hydrogen) atoms. The van der Waals surface area contributed by atoms with E-state index in [0.29, 0.717) is 17.4 Å². The maximum absolute atomic E-state index is 12.4. The van der Waals surface area contributed by atoms with Crippen molar-refractivity contribution >= 4 is 16.8 Å². The Balaban J connectivity index is 1.33. The van der Waals surface area contributed by atoms with Crippen LogP contribution in [-0.4, -0.2) is 33.4 Å². The summed E-state index contributed by atoms with van der Waals surface area (Å²) < 4.78 is 1.44. The molecule has 0 radical (unpaired) electrons. The Morgan fingerprint density at radius 3 is 2.50 bits per heavy atom. The lowest BCUT2D eigenvalue weighted by Gasteiger charge is -2.20. The van der Waals surface area contributed by atoms with Gasteiger partial charge in [0.1, 0.15) is 0 Å². The van der Waals surface area contributed by atoms with Crippen molar-refractivity contribution in [1.82, 2.24) is 19.8 Å². The molecular weight excluding hydrogens is 404 g/mol. The lowest BCUT2D eigenvalue weighted by molar-refractivity contribution is -0.121. The number of benzene rings is 2. The van der Waals surface area contributed by atoms with E-state index < -0.39 is 11.2 Å². The number of carbonyl (C=O) groups is 1. The summed E-state index contributed by atoms with van der Waals surface area (Å²) in [4.78, 5) is 41.5. The number of fused-ring (bicyclic) bond motifs is 1. The fourth-order valence-electron chi connectivity index (χ4n) is 4.36. The highest BCUT2D eigenvalue weighted by Crippen LogP contribution is 2.14. The van der Waals surface area contributed by atoms with Crippen molar-refractivity contribution in [2.24, 2.45) is 0 Å². The molecule has 0 atom stereocenters. The van der Waals surface area contributed by atoms with E-state index in [9.17, 15) is 14.4 Å². The summed E-state index contributed by atoms with van der Waals surface area (Å²) in [6.45, 7) is 3.91. The second-order valence-corrected chi connectivity index (χ2v) is 8.47. The van der Waals surface area contributed by atoms with Crippen LogP contribution in [0.4, 0.5) is 0 Å². The molecule has 0 aliphatic carbocycles. The maximum atomic E-state index is 12.4. The average Bonchev–Trinajstić information content (AvgIpc) is 3.06. The molecule has 2 aromatic carbocycles. The Kier molecular flexibility index (Phi) is 7.17. The lowest BCUT2D eigenvalue weighted by atomic mass is 10.1. The molecule has 4 rings (SSSR count). The van der Waals surface area contributed by atoms with Gasteiger partial charge >= 0.3 is 5.69 Å². The molecule has 1 aliphatic heterocycles. The third-order valence-electron chi connectivity index (χ3n) is 6.05. The highest BCUT2D eigenvalue weighted by molar-refractivity contribution is 5.78. The van der Waals surface area contributed by atoms with Gasteiger partial charge in [-0.2, -0.15) is 0 Å². The molecule has 2 heterocycles. The summed E-state index contributed by atoms with van der Waals surface area (Å²) in [7, 11) is 0. The molecule has 0 bridgehead atoms. The van der Waals surface area contributed by atoms with Crippen molar-refractivity contribution in [3.8, 4) is 0 Å². The Hall–Kier alpha value is -3.19. The van der Waals surface area contributed by atoms with Crippen molar-refractivity contribution in [3.05, 3.63) is 80.5 Å². The number of nitrogens with zero attached hydrogens (tertiary/aromatic N) is 2. The molecule has 1 saturated heterocycles. The van der Waals surface area contributed by atoms with Crippen molar-refractivity contribution in [3.63, 3.8) is 0 Å². The molecular formula is C25H30N4O3. The molecule has 2 N–H and O–H groups in total. The van der Waals surface area contributed by atoms with Crippen LogP contribution in [0.1, 0.15) is 43.2 Å². The van der Waals surface area contributed by atoms with E-state index in [1.54, 1.807) is 24.3 Å². The summed E-state index contributed by atoms with van der Waals surface area (Å²) in [5, 5.41) is 3.39. The predicted molar refractivity (Wildman–Crippen MR) is 125 cm³/mol. The smallest absolute Gasteiger partial charge is 0.328 e. The van der Waals surface area contributed by atoms with Crippen LogP contribution in [0.3, 0.4) is 0 Å². The summed E-state index contributed by atoms with van der Waals surface area (Å²) in [6, 6.07) is 15.3. The first-order valence-electron chi connectivity index (χ1n) is 11.4. The van der Waals surface area contributed by atoms with Gasteiger partial charge in [0.05, 0.1) is 10.9 Å². The van der Waals surface area contributed by atoms with Crippen LogP contribution in [0.5, 0.6) is 0 Å². The summed E-state index contributed by atoms with van der Waals surface area (Å²) in [5.41, 5.74) is 1.96. The number of nitrogens with one attached hydrogen (secondary N) is 2. The van der Waals surface area contributed by atoms with Crippen LogP contribution < -0.4 is 16.6 Å². The molecule has 1 amide bonds. The second-order valence-electron chi connectivity index (χ2n) is 8.47. The van der Waals surface area contributed by atoms with Crippen LogP contribution in [0.15, 0.2) is 58.1 Å². The first kappa shape index (κ1) is 22.0. The van der Waals surface area contributed by atoms with E-state index in [0.717, 1.165) is 25.2 Å². The topological polar surface area (TPSA) is 87.2 Å². The molecule has 0 spiro atoms. The standard InChI is InChI=1S/C25H30N4O3/c30-23(12-15-29-22-11-4-3-10-21(22)24(31)27-25(29)32)26-17-19-8-7-9-20(16-19)18-28-13-5-1-2-6-14-28/h3-4,7-11,16H,1-2,5-6,12-15,17-18H2,(H,26,30)(H,27,31,32). The van der Waals surface area contributed by atoms with E-state index >= 15 is 0 Å². The normalized spacial score (nSPS) is 14.9. The summed E-state index contributed by atoms with van der Waals surface area (Å²) in [5.74, 6) is -0.134. The Morgan fingerprint density at radius 2 is 1.69 bits per heavy atom. The third kappa shape index (κ3) is 5.53. The minimum Gasteiger partial charge on any atom is -0.352 e. The number of rotatable bonds is 7. The Bertz CT molecular complexity index is 1190. The zero-order valence-corrected chi connectivity index (χ0v) is 18.3. The number of aryl methyl sites for hydroxylation is 1. The molecule has 1 aliphatic rings. The van der Waals surface area contributed by atoms with Gasteiger partial charge < -0.3 is 5.32 Å². The van der Waals surface area contributed by atoms with Gasteiger partial charge in [-0.15, -0.1) is 0 Å². The van der Waals surface area contributed by atoms with Crippen molar-refractivity contribution in [2.75, 3.05) is 13.1 Å². The fraction of sp³-hybridized carbons (Fsp3) is 0.400. The summed E-state index contributed by atoms with van der Waals surface area (Å²) >= 11 is 0. The summed E-state index contributed by atoms with van der Waals surface area (Å²) in [6.07, 6.45) is 5.34. The van der Waals surface area contributed by atoms with Gasteiger partial charge in [-0.05, 0) is 49.2 Å². The monoisotopic (exact) mass is 434 g/mol. The van der Waals surface area contributed by atoms with Crippen LogP contribution in [-0.2, 0) is 24.4 Å². The van der Waals surface area contributed by atoms with Crippen LogP contribution in [0, 0.1) is 0 Å². The maximum Gasteiger partial charge on any atom is 0.328 e. The predicted octanol–water partition coefficient (Wildman–Crippen LogP) is 2.77. The number of aromatic nitrogens is 2. The highest BCUT2D eigenvalue weighted by atomic mass is 16.2. The molecule has 0 saturated carbocycles. The van der Waals surface area contributed by atoms with Crippen LogP contribution in [0.2, 0.25) is 0 Å². The highest BCUT2D eigenvalue weighted by Gasteiger charge is 2.11. The van der Waals surface area contributed by atoms with E-state index in [4.69, 9.17) is 0 Å². The average molecular weight is 435 g/mol. The zero-order valence-electron chi connectivity index (χ0n) is 18.3. The van der Waals surface area contributed by atoms with E-state index in [1.165, 1.54) is 35.8 Å². The number of amides is 1. The van der Waals surface area contributed by atoms with E-state index in [2.05, 4.69) is 27.3 Å². The first-order valence-corrected chi connectivity index (χ1v) is 11.4. The number of hydrogen-bond donors (Lipinski definition) is 2. The fourth-order valence-corrected chi connectivity index (χ4v) is 4.36. The minimum absolute atomic E-state index is 0.134. The molecule has 7 nitrogen and oxygen atoms in total. The number of para-hydroxylation sites is 1. The number of hydrogen-bond acceptors (Lipinski definition) is 4. The molecule has 1 aromatic heterocycles. The van der Waals surface area contributed by atoms with E-state index in [1.807, 2.05) is 12.1 Å². The third-order valence-corrected chi connectivity index (χ3v) is 6.05. The molecule has 7 heteroatoms. The second kappa shape index (κ2) is 10.4. The van der Waals surface area contributed by atoms with Gasteiger partial charge in [-0.1, -0.05) is 49.2 Å². The Labute approximate surface area is 187 Å². The van der Waals surface area contributed by atoms with Gasteiger partial charge in [0, 0.05) is 26.1 Å². The molecule has 3 aromatic rings. The number of H-pyrrole nitrogens is 1. The zero-order chi connectivity index (χ0) is 22.3. The van der Waals surface area contributed by atoms with Gasteiger partial charge in [-0.25, -0.2) is 4.79 Å². The van der Waals surface area contributed by atoms with E-state index in [-0.39, 0.29) is 18.9 Å². The van der Waals surface area contributed by atoms with Gasteiger partial charge in [0.25, 0.3) is 5.56 Å². The quantitative estimate of drug-likeness (QED) is 0.599. The SMILES string of the molecule is O=C(CCn1c(=O)[nH]c(=O)c2ccccc21)NCc1cccc(CN2CCCCCC2)c1. The largest absolute Gasteiger partial charge is 0.352 e. The lowest BCUT2D eigenvalue weighted by Crippen LogP contribution is -2.32. The van der Waals surface area contributed by atoms with Crippen molar-refractivity contribution in [1.29, 1.82) is 0 Å². The number of likely N-dealkylation sites (tertiary alicyclic amines) is 1. The van der Waals surface area contributed by atoms with Gasteiger partial charge in [-0.3, -0.25) is 24.0 Å². The van der Waals surface area contributed by atoms with Crippen LogP contribution >= 0.6 is 0 Å². The van der Waals surface area contributed by atoms with Crippen molar-refractivity contribution < 1.29 is 4.79 Å². The first-order chi connectivity index (χ1) is 15.6. The van der Waals surface area contributed by atoms with Gasteiger partial charge in [0.15, 0.2) is 0 Å².